The normalized spacial score (nSPS) is 12.5. The minimum Gasteiger partial charge on any atom is -0.398 e. The molecule has 0 aliphatic heterocycles. The van der Waals surface area contributed by atoms with E-state index in [9.17, 15) is 0 Å². The van der Waals surface area contributed by atoms with Crippen molar-refractivity contribution in [2.45, 2.75) is 58.7 Å². The molecule has 19 heavy (non-hydrogen) atoms. The summed E-state index contributed by atoms with van der Waals surface area (Å²) in [4.78, 5) is 0. The lowest BCUT2D eigenvalue weighted by molar-refractivity contribution is -0.0149. The SMILES string of the molecule is C=CCC(C)(C)c1cc(COC(C)(C)C)ccc1N. The van der Waals surface area contributed by atoms with Crippen LogP contribution in [-0.4, -0.2) is 5.60 Å². The van der Waals surface area contributed by atoms with Crippen LogP contribution in [0, 0.1) is 0 Å². The Balaban J connectivity index is 2.97. The summed E-state index contributed by atoms with van der Waals surface area (Å²) in [6.45, 7) is 15.0. The second-order valence-corrected chi connectivity index (χ2v) is 6.70. The van der Waals surface area contributed by atoms with Gasteiger partial charge in [-0.1, -0.05) is 32.1 Å². The molecule has 0 saturated carbocycles. The van der Waals surface area contributed by atoms with E-state index in [0.717, 1.165) is 17.7 Å². The van der Waals surface area contributed by atoms with Gasteiger partial charge in [-0.3, -0.25) is 0 Å². The number of hydrogen-bond acceptors (Lipinski definition) is 2. The van der Waals surface area contributed by atoms with Crippen molar-refractivity contribution in [3.63, 3.8) is 0 Å². The maximum absolute atomic E-state index is 6.11. The summed E-state index contributed by atoms with van der Waals surface area (Å²) in [7, 11) is 0. The van der Waals surface area contributed by atoms with Crippen molar-refractivity contribution in [2.75, 3.05) is 5.73 Å². The second-order valence-electron chi connectivity index (χ2n) is 6.70. The highest BCUT2D eigenvalue weighted by molar-refractivity contribution is 5.52. The lowest BCUT2D eigenvalue weighted by Gasteiger charge is -2.26. The third-order valence-electron chi connectivity index (χ3n) is 3.17. The summed E-state index contributed by atoms with van der Waals surface area (Å²) in [5.41, 5.74) is 9.16. The Hall–Kier alpha value is -1.28. The lowest BCUT2D eigenvalue weighted by atomic mass is 9.80. The molecule has 2 heteroatoms. The van der Waals surface area contributed by atoms with Gasteiger partial charge in [0.25, 0.3) is 0 Å². The Labute approximate surface area is 117 Å². The van der Waals surface area contributed by atoms with Gasteiger partial charge in [-0.15, -0.1) is 6.58 Å². The lowest BCUT2D eigenvalue weighted by Crippen LogP contribution is -2.20. The molecule has 1 rings (SSSR count). The molecule has 0 fully saturated rings. The zero-order valence-corrected chi connectivity index (χ0v) is 12.9. The molecule has 0 aliphatic rings. The Bertz CT molecular complexity index is 441. The quantitative estimate of drug-likeness (QED) is 0.628. The molecule has 0 aromatic heterocycles. The van der Waals surface area contributed by atoms with Crippen LogP contribution in [0.25, 0.3) is 0 Å². The predicted octanol–water partition coefficient (Wildman–Crippen LogP) is 4.44. The first-order valence-corrected chi connectivity index (χ1v) is 6.79. The van der Waals surface area contributed by atoms with Crippen LogP contribution in [0.15, 0.2) is 30.9 Å². The number of nitrogens with two attached hydrogens (primary N) is 1. The summed E-state index contributed by atoms with van der Waals surface area (Å²) in [5, 5.41) is 0. The molecule has 0 spiro atoms. The van der Waals surface area contributed by atoms with E-state index in [-0.39, 0.29) is 11.0 Å². The van der Waals surface area contributed by atoms with Crippen molar-refractivity contribution in [2.24, 2.45) is 0 Å². The number of hydrogen-bond donors (Lipinski definition) is 1. The molecule has 0 atom stereocenters. The van der Waals surface area contributed by atoms with Crippen LogP contribution in [0.5, 0.6) is 0 Å². The third-order valence-corrected chi connectivity index (χ3v) is 3.17. The fourth-order valence-corrected chi connectivity index (χ4v) is 2.05. The van der Waals surface area contributed by atoms with E-state index < -0.39 is 0 Å². The van der Waals surface area contributed by atoms with Gasteiger partial charge in [-0.25, -0.2) is 0 Å². The minimum absolute atomic E-state index is 0.00355. The van der Waals surface area contributed by atoms with E-state index >= 15 is 0 Å². The fourth-order valence-electron chi connectivity index (χ4n) is 2.05. The Kier molecular flexibility index (Phi) is 4.81. The fraction of sp³-hybridized carbons (Fsp3) is 0.529. The van der Waals surface area contributed by atoms with Crippen molar-refractivity contribution < 1.29 is 4.74 Å². The molecular formula is C17H27NO. The van der Waals surface area contributed by atoms with E-state index in [1.807, 2.05) is 18.2 Å². The number of ether oxygens (including phenoxy) is 1. The second kappa shape index (κ2) is 5.79. The summed E-state index contributed by atoms with van der Waals surface area (Å²) < 4.78 is 5.82. The summed E-state index contributed by atoms with van der Waals surface area (Å²) in [6, 6.07) is 6.17. The van der Waals surface area contributed by atoms with Gasteiger partial charge in [0.1, 0.15) is 0 Å². The summed E-state index contributed by atoms with van der Waals surface area (Å²) in [6.07, 6.45) is 2.85. The van der Waals surface area contributed by atoms with Crippen molar-refractivity contribution in [3.8, 4) is 0 Å². The zero-order chi connectivity index (χ0) is 14.7. The smallest absolute Gasteiger partial charge is 0.0724 e. The van der Waals surface area contributed by atoms with Crippen molar-refractivity contribution >= 4 is 5.69 Å². The average Bonchev–Trinajstić information content (AvgIpc) is 2.26. The molecule has 0 heterocycles. The van der Waals surface area contributed by atoms with Crippen molar-refractivity contribution in [1.29, 1.82) is 0 Å². The zero-order valence-electron chi connectivity index (χ0n) is 12.9. The van der Waals surface area contributed by atoms with Gasteiger partial charge in [0, 0.05) is 5.69 Å². The topological polar surface area (TPSA) is 35.2 Å². The molecule has 0 radical (unpaired) electrons. The summed E-state index contributed by atoms with van der Waals surface area (Å²) in [5.74, 6) is 0. The Morgan fingerprint density at radius 2 is 1.84 bits per heavy atom. The van der Waals surface area contributed by atoms with E-state index in [0.29, 0.717) is 6.61 Å². The van der Waals surface area contributed by atoms with Gasteiger partial charge in [-0.2, -0.15) is 0 Å². The highest BCUT2D eigenvalue weighted by Crippen LogP contribution is 2.32. The van der Waals surface area contributed by atoms with Gasteiger partial charge in [0.05, 0.1) is 12.2 Å². The maximum Gasteiger partial charge on any atom is 0.0724 e. The van der Waals surface area contributed by atoms with Crippen molar-refractivity contribution in [1.82, 2.24) is 0 Å². The summed E-state index contributed by atoms with van der Waals surface area (Å²) >= 11 is 0. The molecule has 0 unspecified atom stereocenters. The maximum atomic E-state index is 6.11. The van der Waals surface area contributed by atoms with Gasteiger partial charge < -0.3 is 10.5 Å². The largest absolute Gasteiger partial charge is 0.398 e. The highest BCUT2D eigenvalue weighted by atomic mass is 16.5. The van der Waals surface area contributed by atoms with Crippen LogP contribution in [-0.2, 0) is 16.8 Å². The number of nitrogen functional groups attached to an aromatic ring is 1. The Morgan fingerprint density at radius 1 is 1.21 bits per heavy atom. The number of benzene rings is 1. The molecule has 2 N–H and O–H groups in total. The molecular weight excluding hydrogens is 234 g/mol. The van der Waals surface area contributed by atoms with Gasteiger partial charge >= 0.3 is 0 Å². The van der Waals surface area contributed by atoms with Crippen LogP contribution >= 0.6 is 0 Å². The molecule has 0 saturated heterocycles. The first kappa shape index (κ1) is 15.8. The first-order valence-electron chi connectivity index (χ1n) is 6.79. The van der Waals surface area contributed by atoms with Crippen molar-refractivity contribution in [3.05, 3.63) is 42.0 Å². The molecule has 0 bridgehead atoms. The van der Waals surface area contributed by atoms with Crippen LogP contribution in [0.3, 0.4) is 0 Å². The van der Waals surface area contributed by atoms with E-state index in [1.165, 1.54) is 5.56 Å². The van der Waals surface area contributed by atoms with Crippen LogP contribution < -0.4 is 5.73 Å². The average molecular weight is 261 g/mol. The molecule has 1 aromatic rings. The van der Waals surface area contributed by atoms with E-state index in [1.54, 1.807) is 0 Å². The molecule has 106 valence electrons. The molecule has 2 nitrogen and oxygen atoms in total. The van der Waals surface area contributed by atoms with E-state index in [2.05, 4.69) is 47.3 Å². The number of rotatable bonds is 5. The minimum atomic E-state index is -0.127. The van der Waals surface area contributed by atoms with Crippen LogP contribution in [0.2, 0.25) is 0 Å². The highest BCUT2D eigenvalue weighted by Gasteiger charge is 2.22. The number of allylic oxidation sites excluding steroid dienone is 1. The number of anilines is 1. The molecule has 0 amide bonds. The van der Waals surface area contributed by atoms with Gasteiger partial charge in [0.2, 0.25) is 0 Å². The predicted molar refractivity (Wildman–Crippen MR) is 83.2 cm³/mol. The van der Waals surface area contributed by atoms with Gasteiger partial charge in [0.15, 0.2) is 0 Å². The van der Waals surface area contributed by atoms with E-state index in [4.69, 9.17) is 10.5 Å². The molecule has 1 aromatic carbocycles. The van der Waals surface area contributed by atoms with Crippen LogP contribution in [0.4, 0.5) is 5.69 Å². The molecule has 0 aliphatic carbocycles. The van der Waals surface area contributed by atoms with Crippen LogP contribution in [0.1, 0.15) is 52.2 Å². The third kappa shape index (κ3) is 4.71. The standard InChI is InChI=1S/C17H27NO/c1-7-10-17(5,6)14-11-13(8-9-15(14)18)12-19-16(2,3)4/h7-9,11H,1,10,12,18H2,2-6H3. The monoisotopic (exact) mass is 261 g/mol. The van der Waals surface area contributed by atoms with Gasteiger partial charge in [-0.05, 0) is 49.8 Å². The Morgan fingerprint density at radius 3 is 2.37 bits per heavy atom. The first-order chi connectivity index (χ1) is 8.65.